The van der Waals surface area contributed by atoms with Crippen LogP contribution in [-0.4, -0.2) is 35.6 Å². The number of amides is 1. The van der Waals surface area contributed by atoms with Gasteiger partial charge in [0.2, 0.25) is 0 Å². The highest BCUT2D eigenvalue weighted by atomic mass is 32.1. The van der Waals surface area contributed by atoms with Gasteiger partial charge in [0.25, 0.3) is 5.91 Å². The molecule has 0 bridgehead atoms. The number of carbonyl (C=O) groups excluding carboxylic acids is 1. The Morgan fingerprint density at radius 2 is 2.07 bits per heavy atom. The van der Waals surface area contributed by atoms with E-state index in [1.807, 2.05) is 36.7 Å². The molecule has 10 heteroatoms. The van der Waals surface area contributed by atoms with Gasteiger partial charge in [0.1, 0.15) is 12.0 Å². The van der Waals surface area contributed by atoms with Crippen molar-refractivity contribution in [1.82, 2.24) is 35.0 Å². The van der Waals surface area contributed by atoms with Crippen LogP contribution in [0.15, 0.2) is 48.4 Å². The molecule has 3 heterocycles. The second-order valence-electron chi connectivity index (χ2n) is 6.57. The number of nitrogens with zero attached hydrogens (tertiary/aromatic N) is 6. The summed E-state index contributed by atoms with van der Waals surface area (Å²) in [5.41, 5.74) is 4.84. The Morgan fingerprint density at radius 1 is 1.17 bits per heavy atom. The first kappa shape index (κ1) is 19.6. The van der Waals surface area contributed by atoms with Crippen LogP contribution in [0.2, 0.25) is 0 Å². The second kappa shape index (κ2) is 8.78. The van der Waals surface area contributed by atoms with E-state index < -0.39 is 0 Å². The van der Waals surface area contributed by atoms with Crippen molar-refractivity contribution in [2.45, 2.75) is 20.0 Å². The summed E-state index contributed by atoms with van der Waals surface area (Å²) in [7, 11) is 1.89. The van der Waals surface area contributed by atoms with Crippen molar-refractivity contribution in [3.8, 4) is 11.5 Å². The van der Waals surface area contributed by atoms with Crippen LogP contribution < -0.4 is 10.6 Å². The van der Waals surface area contributed by atoms with Gasteiger partial charge in [0.05, 0.1) is 24.3 Å². The van der Waals surface area contributed by atoms with Gasteiger partial charge in [0, 0.05) is 29.4 Å². The fourth-order valence-electron chi connectivity index (χ4n) is 2.87. The summed E-state index contributed by atoms with van der Waals surface area (Å²) >= 11 is 1.54. The molecular formula is C20H20N8OS. The van der Waals surface area contributed by atoms with Gasteiger partial charge in [-0.25, -0.2) is 15.0 Å². The lowest BCUT2D eigenvalue weighted by atomic mass is 10.2. The van der Waals surface area contributed by atoms with E-state index in [2.05, 4.69) is 35.8 Å². The highest BCUT2D eigenvalue weighted by molar-refractivity contribution is 7.09. The Bertz CT molecular complexity index is 1150. The van der Waals surface area contributed by atoms with E-state index in [1.165, 1.54) is 17.7 Å². The minimum atomic E-state index is -0.129. The van der Waals surface area contributed by atoms with Crippen LogP contribution in [0.1, 0.15) is 26.8 Å². The molecule has 30 heavy (non-hydrogen) atoms. The first-order valence-electron chi connectivity index (χ1n) is 9.27. The Hall–Kier alpha value is -3.66. The van der Waals surface area contributed by atoms with Crippen LogP contribution in [-0.2, 0) is 20.1 Å². The molecule has 2 N–H and O–H groups in total. The van der Waals surface area contributed by atoms with Crippen molar-refractivity contribution in [2.75, 3.05) is 5.32 Å². The molecule has 0 fully saturated rings. The smallest absolute Gasteiger partial charge is 0.251 e. The molecule has 0 aliphatic rings. The van der Waals surface area contributed by atoms with Crippen molar-refractivity contribution in [3.63, 3.8) is 0 Å². The minimum absolute atomic E-state index is 0.129. The summed E-state index contributed by atoms with van der Waals surface area (Å²) in [6, 6.07) is 9.15. The zero-order valence-electron chi connectivity index (χ0n) is 16.5. The molecule has 9 nitrogen and oxygen atoms in total. The molecule has 0 spiro atoms. The lowest BCUT2D eigenvalue weighted by Crippen LogP contribution is -2.22. The highest BCUT2D eigenvalue weighted by Crippen LogP contribution is 2.16. The van der Waals surface area contributed by atoms with E-state index in [0.29, 0.717) is 30.2 Å². The lowest BCUT2D eigenvalue weighted by molar-refractivity contribution is 0.0951. The SMILES string of the molecule is Cc1ncsc1CNC(=O)c1cccc(NCc2nnc(-c3ccncn3)n2C)c1. The number of carbonyl (C=O) groups is 1. The van der Waals surface area contributed by atoms with Crippen LogP contribution in [0.3, 0.4) is 0 Å². The molecule has 1 aromatic carbocycles. The second-order valence-corrected chi connectivity index (χ2v) is 7.51. The summed E-state index contributed by atoms with van der Waals surface area (Å²) in [5, 5.41) is 14.7. The first-order chi connectivity index (χ1) is 14.6. The monoisotopic (exact) mass is 420 g/mol. The summed E-state index contributed by atoms with van der Waals surface area (Å²) < 4.78 is 1.88. The van der Waals surface area contributed by atoms with E-state index in [4.69, 9.17) is 0 Å². The topological polar surface area (TPSA) is 111 Å². The van der Waals surface area contributed by atoms with Crippen LogP contribution >= 0.6 is 11.3 Å². The normalized spacial score (nSPS) is 10.7. The van der Waals surface area contributed by atoms with Crippen LogP contribution in [0.4, 0.5) is 5.69 Å². The number of nitrogens with one attached hydrogen (secondary N) is 2. The molecule has 0 unspecified atom stereocenters. The largest absolute Gasteiger partial charge is 0.378 e. The van der Waals surface area contributed by atoms with E-state index in [-0.39, 0.29) is 5.91 Å². The minimum Gasteiger partial charge on any atom is -0.378 e. The molecule has 0 aliphatic heterocycles. The first-order valence-corrected chi connectivity index (χ1v) is 10.2. The van der Waals surface area contributed by atoms with Crippen molar-refractivity contribution in [3.05, 3.63) is 70.3 Å². The number of aryl methyl sites for hydroxylation is 1. The van der Waals surface area contributed by atoms with Gasteiger partial charge in [0.15, 0.2) is 11.6 Å². The average molecular weight is 421 g/mol. The maximum Gasteiger partial charge on any atom is 0.251 e. The number of hydrogen-bond donors (Lipinski definition) is 2. The number of aromatic nitrogens is 6. The zero-order valence-corrected chi connectivity index (χ0v) is 17.3. The van der Waals surface area contributed by atoms with Gasteiger partial charge >= 0.3 is 0 Å². The lowest BCUT2D eigenvalue weighted by Gasteiger charge is -2.09. The fraction of sp³-hybridized carbons (Fsp3) is 0.200. The van der Waals surface area contributed by atoms with Crippen molar-refractivity contribution < 1.29 is 4.79 Å². The quantitative estimate of drug-likeness (QED) is 0.473. The molecule has 0 radical (unpaired) electrons. The maximum absolute atomic E-state index is 12.5. The average Bonchev–Trinajstić information content (AvgIpc) is 3.36. The van der Waals surface area contributed by atoms with Crippen molar-refractivity contribution in [1.29, 1.82) is 0 Å². The maximum atomic E-state index is 12.5. The molecule has 0 saturated heterocycles. The van der Waals surface area contributed by atoms with E-state index in [0.717, 1.165) is 22.1 Å². The van der Waals surface area contributed by atoms with E-state index in [1.54, 1.807) is 23.8 Å². The molecule has 0 aliphatic carbocycles. The van der Waals surface area contributed by atoms with Gasteiger partial charge < -0.3 is 15.2 Å². The zero-order chi connectivity index (χ0) is 20.9. The van der Waals surface area contributed by atoms with Crippen LogP contribution in [0.25, 0.3) is 11.5 Å². The van der Waals surface area contributed by atoms with Crippen LogP contribution in [0, 0.1) is 6.92 Å². The Balaban J connectivity index is 1.40. The van der Waals surface area contributed by atoms with E-state index in [9.17, 15) is 4.79 Å². The summed E-state index contributed by atoms with van der Waals surface area (Å²) in [6.07, 6.45) is 3.15. The molecule has 3 aromatic heterocycles. The Kier molecular flexibility index (Phi) is 5.75. The molecule has 0 saturated carbocycles. The molecular weight excluding hydrogens is 400 g/mol. The predicted octanol–water partition coefficient (Wildman–Crippen LogP) is 2.58. The summed E-state index contributed by atoms with van der Waals surface area (Å²) in [4.78, 5) is 25.9. The van der Waals surface area contributed by atoms with Gasteiger partial charge in [-0.05, 0) is 31.2 Å². The molecule has 4 aromatic rings. The highest BCUT2D eigenvalue weighted by Gasteiger charge is 2.12. The van der Waals surface area contributed by atoms with E-state index >= 15 is 0 Å². The Labute approximate surface area is 177 Å². The molecule has 152 valence electrons. The summed E-state index contributed by atoms with van der Waals surface area (Å²) in [6.45, 7) is 2.86. The summed E-state index contributed by atoms with van der Waals surface area (Å²) in [5.74, 6) is 1.29. The number of hydrogen-bond acceptors (Lipinski definition) is 8. The fourth-order valence-corrected chi connectivity index (χ4v) is 3.59. The molecule has 4 rings (SSSR count). The molecule has 0 atom stereocenters. The van der Waals surface area contributed by atoms with Gasteiger partial charge in [-0.15, -0.1) is 21.5 Å². The third-order valence-corrected chi connectivity index (χ3v) is 5.54. The molecule has 1 amide bonds. The number of thiazole rings is 1. The van der Waals surface area contributed by atoms with Crippen molar-refractivity contribution >= 4 is 22.9 Å². The van der Waals surface area contributed by atoms with Crippen molar-refractivity contribution in [2.24, 2.45) is 7.05 Å². The number of rotatable bonds is 7. The number of benzene rings is 1. The van der Waals surface area contributed by atoms with Gasteiger partial charge in [-0.2, -0.15) is 0 Å². The number of anilines is 1. The Morgan fingerprint density at radius 3 is 2.83 bits per heavy atom. The van der Waals surface area contributed by atoms with Gasteiger partial charge in [-0.3, -0.25) is 4.79 Å². The predicted molar refractivity (Wildman–Crippen MR) is 114 cm³/mol. The third kappa shape index (κ3) is 4.33. The standard InChI is InChI=1S/C20H20N8OS/c1-13-17(30-12-25-13)9-23-20(29)14-4-3-5-15(8-14)22-10-18-26-27-19(28(18)2)16-6-7-21-11-24-16/h3-8,11-12,22H,9-10H2,1-2H3,(H,23,29). The van der Waals surface area contributed by atoms with Gasteiger partial charge in [-0.1, -0.05) is 6.07 Å². The third-order valence-electron chi connectivity index (χ3n) is 4.61. The van der Waals surface area contributed by atoms with Crippen LogP contribution in [0.5, 0.6) is 0 Å².